The van der Waals surface area contributed by atoms with E-state index in [0.29, 0.717) is 11.8 Å². The Kier molecular flexibility index (Phi) is 1.46. The van der Waals surface area contributed by atoms with E-state index in [9.17, 15) is 10.2 Å². The van der Waals surface area contributed by atoms with Crippen LogP contribution in [0.25, 0.3) is 0 Å². The molecule has 0 amide bonds. The van der Waals surface area contributed by atoms with Gasteiger partial charge in [0.1, 0.15) is 0 Å². The molecular formula is C8H14O2. The van der Waals surface area contributed by atoms with Gasteiger partial charge in [-0.1, -0.05) is 12.8 Å². The second kappa shape index (κ2) is 2.21. The molecule has 2 aliphatic carbocycles. The van der Waals surface area contributed by atoms with Gasteiger partial charge in [-0.2, -0.15) is 0 Å². The van der Waals surface area contributed by atoms with Gasteiger partial charge in [-0.15, -0.1) is 0 Å². The van der Waals surface area contributed by atoms with Gasteiger partial charge in [0.25, 0.3) is 0 Å². The van der Waals surface area contributed by atoms with Crippen molar-refractivity contribution >= 4 is 0 Å². The van der Waals surface area contributed by atoms with Crippen molar-refractivity contribution in [3.05, 3.63) is 0 Å². The third kappa shape index (κ3) is 0.722. The van der Waals surface area contributed by atoms with Crippen LogP contribution in [-0.2, 0) is 0 Å². The van der Waals surface area contributed by atoms with E-state index in [0.717, 1.165) is 12.8 Å². The van der Waals surface area contributed by atoms with Crippen molar-refractivity contribution in [2.45, 2.75) is 37.9 Å². The van der Waals surface area contributed by atoms with Crippen LogP contribution in [0.3, 0.4) is 0 Å². The van der Waals surface area contributed by atoms with E-state index in [4.69, 9.17) is 0 Å². The highest BCUT2D eigenvalue weighted by atomic mass is 16.3. The molecule has 0 spiro atoms. The first-order valence-corrected chi connectivity index (χ1v) is 4.17. The minimum Gasteiger partial charge on any atom is -0.390 e. The molecule has 2 rings (SSSR count). The lowest BCUT2D eigenvalue weighted by Gasteiger charge is -2.49. The van der Waals surface area contributed by atoms with Crippen molar-refractivity contribution in [3.8, 4) is 0 Å². The number of hydrogen-bond donors (Lipinski definition) is 2. The fraction of sp³-hybridized carbons (Fsp3) is 1.00. The molecule has 0 aromatic carbocycles. The van der Waals surface area contributed by atoms with Gasteiger partial charge in [-0.25, -0.2) is 0 Å². The number of aliphatic hydroxyl groups excluding tert-OH is 2. The molecule has 2 nitrogen and oxygen atoms in total. The molecule has 0 aliphatic heterocycles. The van der Waals surface area contributed by atoms with Crippen LogP contribution < -0.4 is 0 Å². The van der Waals surface area contributed by atoms with Gasteiger partial charge in [0.15, 0.2) is 0 Å². The minimum absolute atomic E-state index is 0.398. The van der Waals surface area contributed by atoms with E-state index in [1.54, 1.807) is 0 Å². The van der Waals surface area contributed by atoms with Crippen LogP contribution in [0.4, 0.5) is 0 Å². The largest absolute Gasteiger partial charge is 0.390 e. The topological polar surface area (TPSA) is 40.5 Å². The van der Waals surface area contributed by atoms with Crippen LogP contribution in [0, 0.1) is 11.8 Å². The number of aliphatic hydroxyl groups is 2. The van der Waals surface area contributed by atoms with Crippen LogP contribution in [0.1, 0.15) is 25.7 Å². The zero-order valence-electron chi connectivity index (χ0n) is 6.03. The number of rotatable bonds is 0. The van der Waals surface area contributed by atoms with Crippen LogP contribution in [0.5, 0.6) is 0 Å². The highest BCUT2D eigenvalue weighted by Gasteiger charge is 2.48. The molecule has 58 valence electrons. The average Bonchev–Trinajstić information content (AvgIpc) is 2.03. The summed E-state index contributed by atoms with van der Waals surface area (Å²) in [4.78, 5) is 0. The average molecular weight is 142 g/mol. The van der Waals surface area contributed by atoms with Crippen molar-refractivity contribution < 1.29 is 10.2 Å². The van der Waals surface area contributed by atoms with E-state index in [1.165, 1.54) is 12.8 Å². The maximum Gasteiger partial charge on any atom is 0.0833 e. The smallest absolute Gasteiger partial charge is 0.0833 e. The highest BCUT2D eigenvalue weighted by Crippen LogP contribution is 2.44. The Morgan fingerprint density at radius 2 is 1.20 bits per heavy atom. The molecule has 0 radical (unpaired) electrons. The maximum atomic E-state index is 9.26. The summed E-state index contributed by atoms with van der Waals surface area (Å²) in [7, 11) is 0. The molecule has 0 aromatic rings. The number of fused-ring (bicyclic) bond motifs is 1. The minimum atomic E-state index is -0.398. The second-order valence-corrected chi connectivity index (χ2v) is 3.59. The fourth-order valence-corrected chi connectivity index (χ4v) is 2.40. The molecule has 4 atom stereocenters. The van der Waals surface area contributed by atoms with Gasteiger partial charge < -0.3 is 10.2 Å². The first kappa shape index (κ1) is 6.62. The summed E-state index contributed by atoms with van der Waals surface area (Å²) in [5, 5.41) is 18.5. The second-order valence-electron chi connectivity index (χ2n) is 3.59. The molecule has 0 bridgehead atoms. The van der Waals surface area contributed by atoms with E-state index in [-0.39, 0.29) is 0 Å². The summed E-state index contributed by atoms with van der Waals surface area (Å²) < 4.78 is 0. The first-order valence-electron chi connectivity index (χ1n) is 4.17. The summed E-state index contributed by atoms with van der Waals surface area (Å²) in [6.45, 7) is 0. The molecule has 2 saturated carbocycles. The van der Waals surface area contributed by atoms with E-state index >= 15 is 0 Å². The van der Waals surface area contributed by atoms with Crippen LogP contribution >= 0.6 is 0 Å². The van der Waals surface area contributed by atoms with Crippen molar-refractivity contribution in [2.75, 3.05) is 0 Å². The third-order valence-corrected chi connectivity index (χ3v) is 3.10. The molecule has 2 N–H and O–H groups in total. The van der Waals surface area contributed by atoms with E-state index in [2.05, 4.69) is 0 Å². The normalized spacial score (nSPS) is 53.4. The molecule has 0 heterocycles. The molecule has 2 heteroatoms. The standard InChI is InChI=1S/C8H14O2/c9-7-5-3-1-2-4-6(5)8(7)10/h5-10H,1-4H2/t5?,6?,7-,8-/m1/s1. The van der Waals surface area contributed by atoms with Crippen LogP contribution in [0.15, 0.2) is 0 Å². The Bertz CT molecular complexity index is 119. The highest BCUT2D eigenvalue weighted by molar-refractivity contribution is 4.98. The van der Waals surface area contributed by atoms with E-state index in [1.807, 2.05) is 0 Å². The van der Waals surface area contributed by atoms with Gasteiger partial charge in [-0.05, 0) is 24.7 Å². The fourth-order valence-electron chi connectivity index (χ4n) is 2.40. The summed E-state index contributed by atoms with van der Waals surface area (Å²) >= 11 is 0. The lowest BCUT2D eigenvalue weighted by molar-refractivity contribution is -0.168. The van der Waals surface area contributed by atoms with Crippen LogP contribution in [0.2, 0.25) is 0 Å². The lowest BCUT2D eigenvalue weighted by Crippen LogP contribution is -2.56. The Morgan fingerprint density at radius 1 is 0.800 bits per heavy atom. The molecule has 2 unspecified atom stereocenters. The SMILES string of the molecule is O[C@@H]1C2CCCCC2[C@H]1O. The summed E-state index contributed by atoms with van der Waals surface area (Å²) in [6, 6.07) is 0. The van der Waals surface area contributed by atoms with Gasteiger partial charge in [-0.3, -0.25) is 0 Å². The summed E-state index contributed by atoms with van der Waals surface area (Å²) in [5.74, 6) is 0.868. The first-order chi connectivity index (χ1) is 4.80. The van der Waals surface area contributed by atoms with Crippen molar-refractivity contribution in [2.24, 2.45) is 11.8 Å². The van der Waals surface area contributed by atoms with Gasteiger partial charge in [0.2, 0.25) is 0 Å². The molecular weight excluding hydrogens is 128 g/mol. The Morgan fingerprint density at radius 3 is 1.60 bits per heavy atom. The Hall–Kier alpha value is -0.0800. The van der Waals surface area contributed by atoms with Gasteiger partial charge >= 0.3 is 0 Å². The molecule has 2 aliphatic rings. The van der Waals surface area contributed by atoms with Gasteiger partial charge in [0.05, 0.1) is 12.2 Å². The number of hydrogen-bond acceptors (Lipinski definition) is 2. The van der Waals surface area contributed by atoms with Gasteiger partial charge in [0, 0.05) is 0 Å². The zero-order valence-corrected chi connectivity index (χ0v) is 6.03. The maximum absolute atomic E-state index is 9.26. The van der Waals surface area contributed by atoms with Crippen molar-refractivity contribution in [1.29, 1.82) is 0 Å². The monoisotopic (exact) mass is 142 g/mol. The molecule has 0 aromatic heterocycles. The molecule has 2 fully saturated rings. The predicted molar refractivity (Wildman–Crippen MR) is 37.5 cm³/mol. The Balaban J connectivity index is 2.00. The van der Waals surface area contributed by atoms with Crippen molar-refractivity contribution in [1.82, 2.24) is 0 Å². The molecule has 10 heavy (non-hydrogen) atoms. The summed E-state index contributed by atoms with van der Waals surface area (Å²) in [5.41, 5.74) is 0. The van der Waals surface area contributed by atoms with Crippen molar-refractivity contribution in [3.63, 3.8) is 0 Å². The van der Waals surface area contributed by atoms with Crippen LogP contribution in [-0.4, -0.2) is 22.4 Å². The Labute approximate surface area is 60.9 Å². The van der Waals surface area contributed by atoms with E-state index < -0.39 is 12.2 Å². The lowest BCUT2D eigenvalue weighted by atomic mass is 9.61. The molecule has 0 saturated heterocycles. The quantitative estimate of drug-likeness (QED) is 0.518. The predicted octanol–water partition coefficient (Wildman–Crippen LogP) is 0.528. The third-order valence-electron chi connectivity index (χ3n) is 3.10. The zero-order chi connectivity index (χ0) is 7.14. The summed E-state index contributed by atoms with van der Waals surface area (Å²) in [6.07, 6.45) is 3.94.